The van der Waals surface area contributed by atoms with Crippen LogP contribution in [-0.4, -0.2) is 17.6 Å². The van der Waals surface area contributed by atoms with E-state index in [9.17, 15) is 9.59 Å². The van der Waals surface area contributed by atoms with Crippen LogP contribution < -0.4 is 5.56 Å². The lowest BCUT2D eigenvalue weighted by Crippen LogP contribution is -2.23. The molecule has 0 saturated carbocycles. The molecule has 1 aromatic carbocycles. The number of ether oxygens (including phenoxy) is 1. The molecule has 0 saturated heterocycles. The van der Waals surface area contributed by atoms with Gasteiger partial charge in [0.2, 0.25) is 0 Å². The molecule has 0 atom stereocenters. The van der Waals surface area contributed by atoms with E-state index in [2.05, 4.69) is 20.8 Å². The second-order valence-corrected chi connectivity index (χ2v) is 5.93. The number of fused-ring (bicyclic) bond motifs is 1. The number of aromatic nitrogens is 1. The molecule has 0 bridgehead atoms. The van der Waals surface area contributed by atoms with Gasteiger partial charge in [0.15, 0.2) is 0 Å². The van der Waals surface area contributed by atoms with Gasteiger partial charge in [0.25, 0.3) is 5.56 Å². The lowest BCUT2D eigenvalue weighted by molar-refractivity contribution is 0.0603. The van der Waals surface area contributed by atoms with Gasteiger partial charge in [0, 0.05) is 24.0 Å². The number of aryl methyl sites for hydroxylation is 1. The molecule has 0 amide bonds. The molecule has 20 heavy (non-hydrogen) atoms. The topological polar surface area (TPSA) is 48.3 Å². The van der Waals surface area contributed by atoms with Crippen molar-refractivity contribution >= 4 is 16.7 Å². The van der Waals surface area contributed by atoms with Crippen LogP contribution in [0.1, 0.15) is 36.7 Å². The van der Waals surface area contributed by atoms with E-state index in [-0.39, 0.29) is 11.0 Å². The van der Waals surface area contributed by atoms with E-state index in [4.69, 9.17) is 4.74 Å². The maximum Gasteiger partial charge on any atom is 0.338 e. The number of methoxy groups -OCH3 is 1. The van der Waals surface area contributed by atoms with E-state index < -0.39 is 5.97 Å². The summed E-state index contributed by atoms with van der Waals surface area (Å²) in [6.45, 7) is 6.17. The van der Waals surface area contributed by atoms with Gasteiger partial charge in [0.1, 0.15) is 0 Å². The Hall–Kier alpha value is -2.10. The average Bonchev–Trinajstić information content (AvgIpc) is 2.40. The summed E-state index contributed by atoms with van der Waals surface area (Å²) in [6, 6.07) is 5.16. The molecule has 0 radical (unpaired) electrons. The van der Waals surface area contributed by atoms with E-state index in [0.717, 1.165) is 5.56 Å². The maximum atomic E-state index is 12.3. The Bertz CT molecular complexity index is 736. The van der Waals surface area contributed by atoms with E-state index in [0.29, 0.717) is 16.3 Å². The Kier molecular flexibility index (Phi) is 3.42. The van der Waals surface area contributed by atoms with Crippen LogP contribution in [0.15, 0.2) is 29.2 Å². The molecule has 0 aliphatic rings. The van der Waals surface area contributed by atoms with Crippen molar-refractivity contribution in [3.8, 4) is 0 Å². The fourth-order valence-electron chi connectivity index (χ4n) is 2.38. The fraction of sp³-hybridized carbons (Fsp3) is 0.375. The molecule has 4 heteroatoms. The lowest BCUT2D eigenvalue weighted by atomic mass is 9.83. The normalized spacial score (nSPS) is 11.7. The van der Waals surface area contributed by atoms with Crippen LogP contribution in [-0.2, 0) is 17.2 Å². The minimum atomic E-state index is -0.422. The standard InChI is InChI=1S/C16H19NO3/c1-16(2,3)12-9-17(4)14(18)10-7-6-8-11(13(10)12)15(19)20-5/h6-9H,1-5H3. The summed E-state index contributed by atoms with van der Waals surface area (Å²) in [4.78, 5) is 24.3. The minimum Gasteiger partial charge on any atom is -0.465 e. The van der Waals surface area contributed by atoms with Crippen LogP contribution in [0.3, 0.4) is 0 Å². The molecule has 0 aliphatic carbocycles. The Morgan fingerprint density at radius 3 is 2.45 bits per heavy atom. The Morgan fingerprint density at radius 1 is 1.25 bits per heavy atom. The molecule has 0 spiro atoms. The van der Waals surface area contributed by atoms with Gasteiger partial charge in [-0.3, -0.25) is 4.79 Å². The highest BCUT2D eigenvalue weighted by molar-refractivity contribution is 6.05. The molecule has 2 rings (SSSR count). The van der Waals surface area contributed by atoms with E-state index in [1.54, 1.807) is 36.0 Å². The molecule has 0 fully saturated rings. The van der Waals surface area contributed by atoms with Crippen molar-refractivity contribution < 1.29 is 9.53 Å². The third kappa shape index (κ3) is 2.22. The number of pyridine rings is 1. The van der Waals surface area contributed by atoms with Gasteiger partial charge in [-0.05, 0) is 23.1 Å². The van der Waals surface area contributed by atoms with Crippen LogP contribution in [0.25, 0.3) is 10.8 Å². The highest BCUT2D eigenvalue weighted by Gasteiger charge is 2.23. The third-order valence-corrected chi connectivity index (χ3v) is 3.42. The van der Waals surface area contributed by atoms with Gasteiger partial charge in [-0.15, -0.1) is 0 Å². The quantitative estimate of drug-likeness (QED) is 0.750. The number of nitrogens with zero attached hydrogens (tertiary/aromatic N) is 1. The first-order valence-electron chi connectivity index (χ1n) is 6.48. The predicted octanol–water partition coefficient (Wildman–Crippen LogP) is 2.62. The molecule has 0 aliphatic heterocycles. The average molecular weight is 273 g/mol. The number of carbonyl (C=O) groups excluding carboxylic acids is 1. The SMILES string of the molecule is COC(=O)c1cccc2c(=O)n(C)cc(C(C)(C)C)c12. The van der Waals surface area contributed by atoms with Crippen molar-refractivity contribution in [2.24, 2.45) is 7.05 Å². The van der Waals surface area contributed by atoms with Crippen molar-refractivity contribution in [2.75, 3.05) is 7.11 Å². The van der Waals surface area contributed by atoms with Gasteiger partial charge >= 0.3 is 5.97 Å². The number of carbonyl (C=O) groups is 1. The van der Waals surface area contributed by atoms with Gasteiger partial charge in [-0.2, -0.15) is 0 Å². The number of rotatable bonds is 1. The van der Waals surface area contributed by atoms with Gasteiger partial charge < -0.3 is 9.30 Å². The molecule has 0 N–H and O–H groups in total. The summed E-state index contributed by atoms with van der Waals surface area (Å²) >= 11 is 0. The first-order valence-corrected chi connectivity index (χ1v) is 6.48. The predicted molar refractivity (Wildman–Crippen MR) is 79.2 cm³/mol. The highest BCUT2D eigenvalue weighted by atomic mass is 16.5. The Labute approximate surface area is 118 Å². The van der Waals surface area contributed by atoms with Gasteiger partial charge in [0.05, 0.1) is 12.7 Å². The molecule has 106 valence electrons. The number of hydrogen-bond donors (Lipinski definition) is 0. The Morgan fingerprint density at radius 2 is 1.90 bits per heavy atom. The van der Waals surface area contributed by atoms with Crippen molar-refractivity contribution in [1.82, 2.24) is 4.57 Å². The number of hydrogen-bond acceptors (Lipinski definition) is 3. The summed E-state index contributed by atoms with van der Waals surface area (Å²) in [5, 5.41) is 1.23. The van der Waals surface area contributed by atoms with Gasteiger partial charge in [-0.1, -0.05) is 26.8 Å². The summed E-state index contributed by atoms with van der Waals surface area (Å²) in [5.74, 6) is -0.422. The molecule has 2 aromatic rings. The summed E-state index contributed by atoms with van der Waals surface area (Å²) in [6.07, 6.45) is 1.80. The largest absolute Gasteiger partial charge is 0.465 e. The van der Waals surface area contributed by atoms with E-state index in [1.165, 1.54) is 7.11 Å². The van der Waals surface area contributed by atoms with Crippen LogP contribution >= 0.6 is 0 Å². The number of benzene rings is 1. The molecular weight excluding hydrogens is 254 g/mol. The third-order valence-electron chi connectivity index (χ3n) is 3.42. The molecule has 4 nitrogen and oxygen atoms in total. The molecule has 1 aromatic heterocycles. The summed E-state index contributed by atoms with van der Waals surface area (Å²) in [7, 11) is 3.07. The van der Waals surface area contributed by atoms with E-state index >= 15 is 0 Å². The summed E-state index contributed by atoms with van der Waals surface area (Å²) in [5.41, 5.74) is 1.09. The Balaban J connectivity index is 3.03. The van der Waals surface area contributed by atoms with Crippen LogP contribution in [0.4, 0.5) is 0 Å². The number of esters is 1. The van der Waals surface area contributed by atoms with Gasteiger partial charge in [-0.25, -0.2) is 4.79 Å². The van der Waals surface area contributed by atoms with Crippen molar-refractivity contribution in [3.05, 3.63) is 45.9 Å². The minimum absolute atomic E-state index is 0.112. The van der Waals surface area contributed by atoms with E-state index in [1.807, 2.05) is 0 Å². The molecule has 0 unspecified atom stereocenters. The monoisotopic (exact) mass is 273 g/mol. The zero-order valence-corrected chi connectivity index (χ0v) is 12.5. The van der Waals surface area contributed by atoms with Crippen molar-refractivity contribution in [3.63, 3.8) is 0 Å². The zero-order chi connectivity index (χ0) is 15.1. The second kappa shape index (κ2) is 4.78. The van der Waals surface area contributed by atoms with Crippen molar-refractivity contribution in [2.45, 2.75) is 26.2 Å². The lowest BCUT2D eigenvalue weighted by Gasteiger charge is -2.23. The maximum absolute atomic E-state index is 12.3. The molecule has 1 heterocycles. The highest BCUT2D eigenvalue weighted by Crippen LogP contribution is 2.30. The van der Waals surface area contributed by atoms with Crippen molar-refractivity contribution in [1.29, 1.82) is 0 Å². The first kappa shape index (κ1) is 14.3. The second-order valence-electron chi connectivity index (χ2n) is 5.93. The smallest absolute Gasteiger partial charge is 0.338 e. The van der Waals surface area contributed by atoms with Crippen LogP contribution in [0, 0.1) is 0 Å². The zero-order valence-electron chi connectivity index (χ0n) is 12.5. The van der Waals surface area contributed by atoms with Crippen LogP contribution in [0.2, 0.25) is 0 Å². The molecular formula is C16H19NO3. The summed E-state index contributed by atoms with van der Waals surface area (Å²) < 4.78 is 6.39. The first-order chi connectivity index (χ1) is 9.27. The van der Waals surface area contributed by atoms with Crippen LogP contribution in [0.5, 0.6) is 0 Å². The fourth-order valence-corrected chi connectivity index (χ4v) is 2.38.